The maximum atomic E-state index is 2.66. The molecule has 0 N–H and O–H groups in total. The molecule has 1 nitrogen and oxygen atoms in total. The molecule has 1 atom stereocenters. The lowest BCUT2D eigenvalue weighted by molar-refractivity contribution is 0.200. The Balaban J connectivity index is 1.87. The van der Waals surface area contributed by atoms with Crippen LogP contribution in [-0.4, -0.2) is 24.5 Å². The van der Waals surface area contributed by atoms with Gasteiger partial charge in [-0.15, -0.1) is 0 Å². The van der Waals surface area contributed by atoms with Gasteiger partial charge in [-0.2, -0.15) is 0 Å². The van der Waals surface area contributed by atoms with E-state index in [4.69, 9.17) is 0 Å². The van der Waals surface area contributed by atoms with E-state index in [1.165, 1.54) is 62.9 Å². The smallest absolute Gasteiger partial charge is 0.00102 e. The van der Waals surface area contributed by atoms with E-state index in [1.54, 1.807) is 0 Å². The maximum absolute atomic E-state index is 2.66. The van der Waals surface area contributed by atoms with Gasteiger partial charge in [0, 0.05) is 6.54 Å². The number of nitrogens with zero attached hydrogens (tertiary/aromatic N) is 1. The molecule has 1 fully saturated rings. The average molecular weight is 287 g/mol. The highest BCUT2D eigenvalue weighted by atomic mass is 15.1. The van der Waals surface area contributed by atoms with Crippen LogP contribution < -0.4 is 0 Å². The van der Waals surface area contributed by atoms with E-state index in [-0.39, 0.29) is 0 Å². The molecule has 0 aliphatic carbocycles. The zero-order valence-electron chi connectivity index (χ0n) is 14.5. The highest BCUT2D eigenvalue weighted by Gasteiger charge is 2.18. The van der Waals surface area contributed by atoms with Crippen molar-refractivity contribution in [3.05, 3.63) is 35.4 Å². The SMILES string of the molecule is CCC(C)(C)c1ccc(C[C@H](C)CN2CCCCC2)cc1. The topological polar surface area (TPSA) is 3.24 Å². The van der Waals surface area contributed by atoms with Crippen LogP contribution in [-0.2, 0) is 11.8 Å². The largest absolute Gasteiger partial charge is 0.303 e. The van der Waals surface area contributed by atoms with Crippen LogP contribution in [0.5, 0.6) is 0 Å². The number of piperidine rings is 1. The fourth-order valence-corrected chi connectivity index (χ4v) is 3.35. The minimum atomic E-state index is 0.304. The van der Waals surface area contributed by atoms with Crippen molar-refractivity contribution in [2.45, 2.75) is 65.2 Å². The van der Waals surface area contributed by atoms with Gasteiger partial charge in [-0.1, -0.05) is 58.4 Å². The Bertz CT molecular complexity index is 412. The molecule has 0 radical (unpaired) electrons. The normalized spacial score (nSPS) is 18.7. The summed E-state index contributed by atoms with van der Waals surface area (Å²) in [7, 11) is 0. The maximum Gasteiger partial charge on any atom is 0.00102 e. The Morgan fingerprint density at radius 2 is 1.67 bits per heavy atom. The predicted molar refractivity (Wildman–Crippen MR) is 92.9 cm³/mol. The first-order valence-corrected chi connectivity index (χ1v) is 8.83. The van der Waals surface area contributed by atoms with Gasteiger partial charge in [-0.05, 0) is 61.2 Å². The van der Waals surface area contributed by atoms with Crippen LogP contribution in [0, 0.1) is 5.92 Å². The Hall–Kier alpha value is -0.820. The summed E-state index contributed by atoms with van der Waals surface area (Å²) in [5, 5.41) is 0. The summed E-state index contributed by atoms with van der Waals surface area (Å²) >= 11 is 0. The molecule has 1 heterocycles. The van der Waals surface area contributed by atoms with Crippen molar-refractivity contribution in [1.82, 2.24) is 4.90 Å². The Morgan fingerprint density at radius 1 is 1.05 bits per heavy atom. The molecule has 2 rings (SSSR count). The zero-order valence-corrected chi connectivity index (χ0v) is 14.5. The van der Waals surface area contributed by atoms with Crippen molar-refractivity contribution in [3.8, 4) is 0 Å². The molecular weight excluding hydrogens is 254 g/mol. The lowest BCUT2D eigenvalue weighted by atomic mass is 9.82. The first-order chi connectivity index (χ1) is 10.0. The number of rotatable bonds is 6. The van der Waals surface area contributed by atoms with E-state index in [1.807, 2.05) is 0 Å². The number of hydrogen-bond acceptors (Lipinski definition) is 1. The molecule has 1 saturated heterocycles. The van der Waals surface area contributed by atoms with Crippen LogP contribution in [0.25, 0.3) is 0 Å². The molecular formula is C20H33N. The third-order valence-corrected chi connectivity index (χ3v) is 5.22. The number of hydrogen-bond donors (Lipinski definition) is 0. The van der Waals surface area contributed by atoms with E-state index in [0.717, 1.165) is 5.92 Å². The summed E-state index contributed by atoms with van der Waals surface area (Å²) in [6.07, 6.45) is 6.63. The second kappa shape index (κ2) is 7.45. The van der Waals surface area contributed by atoms with E-state index >= 15 is 0 Å². The standard InChI is InChI=1S/C20H33N/c1-5-20(3,4)19-11-9-18(10-12-19)15-17(2)16-21-13-7-6-8-14-21/h9-12,17H,5-8,13-16H2,1-4H3/t17-/m0/s1. The number of benzene rings is 1. The monoisotopic (exact) mass is 287 g/mol. The van der Waals surface area contributed by atoms with Crippen LogP contribution >= 0.6 is 0 Å². The average Bonchev–Trinajstić information content (AvgIpc) is 2.48. The van der Waals surface area contributed by atoms with Crippen LogP contribution in [0.1, 0.15) is 64.5 Å². The minimum absolute atomic E-state index is 0.304. The fourth-order valence-electron chi connectivity index (χ4n) is 3.35. The van der Waals surface area contributed by atoms with Gasteiger partial charge in [-0.25, -0.2) is 0 Å². The molecule has 118 valence electrons. The molecule has 1 aliphatic rings. The molecule has 0 unspecified atom stereocenters. The second-order valence-corrected chi connectivity index (χ2v) is 7.60. The van der Waals surface area contributed by atoms with Crippen molar-refractivity contribution in [2.75, 3.05) is 19.6 Å². The zero-order chi connectivity index (χ0) is 15.3. The quantitative estimate of drug-likeness (QED) is 0.708. The summed E-state index contributed by atoms with van der Waals surface area (Å²) in [5.74, 6) is 0.758. The van der Waals surface area contributed by atoms with E-state index in [9.17, 15) is 0 Å². The molecule has 0 aromatic heterocycles. The van der Waals surface area contributed by atoms with Gasteiger partial charge < -0.3 is 4.90 Å². The summed E-state index contributed by atoms with van der Waals surface area (Å²) in [6, 6.07) is 9.37. The lowest BCUT2D eigenvalue weighted by Crippen LogP contribution is -2.34. The highest BCUT2D eigenvalue weighted by Crippen LogP contribution is 2.27. The van der Waals surface area contributed by atoms with Crippen molar-refractivity contribution in [2.24, 2.45) is 5.92 Å². The Kier molecular flexibility index (Phi) is 5.87. The van der Waals surface area contributed by atoms with E-state index < -0.39 is 0 Å². The van der Waals surface area contributed by atoms with Crippen molar-refractivity contribution in [1.29, 1.82) is 0 Å². The van der Waals surface area contributed by atoms with E-state index in [2.05, 4.69) is 56.9 Å². The van der Waals surface area contributed by atoms with Crippen LogP contribution in [0.2, 0.25) is 0 Å². The van der Waals surface area contributed by atoms with Gasteiger partial charge in [0.25, 0.3) is 0 Å². The summed E-state index contributed by atoms with van der Waals surface area (Å²) in [6.45, 7) is 13.2. The highest BCUT2D eigenvalue weighted by molar-refractivity contribution is 5.28. The molecule has 21 heavy (non-hydrogen) atoms. The lowest BCUT2D eigenvalue weighted by Gasteiger charge is -2.29. The van der Waals surface area contributed by atoms with Gasteiger partial charge in [0.15, 0.2) is 0 Å². The van der Waals surface area contributed by atoms with Gasteiger partial charge in [0.05, 0.1) is 0 Å². The molecule has 1 aromatic rings. The summed E-state index contributed by atoms with van der Waals surface area (Å²) in [5.41, 5.74) is 3.27. The minimum Gasteiger partial charge on any atom is -0.303 e. The van der Waals surface area contributed by atoms with E-state index in [0.29, 0.717) is 5.41 Å². The van der Waals surface area contributed by atoms with Crippen molar-refractivity contribution in [3.63, 3.8) is 0 Å². The first-order valence-electron chi connectivity index (χ1n) is 8.83. The second-order valence-electron chi connectivity index (χ2n) is 7.60. The summed E-state index contributed by atoms with van der Waals surface area (Å²) in [4.78, 5) is 2.66. The van der Waals surface area contributed by atoms with Gasteiger partial charge in [-0.3, -0.25) is 0 Å². The van der Waals surface area contributed by atoms with Crippen LogP contribution in [0.15, 0.2) is 24.3 Å². The molecule has 1 aliphatic heterocycles. The molecule has 1 heteroatoms. The molecule has 0 spiro atoms. The molecule has 0 amide bonds. The molecule has 0 bridgehead atoms. The number of likely N-dealkylation sites (tertiary alicyclic amines) is 1. The van der Waals surface area contributed by atoms with Crippen molar-refractivity contribution < 1.29 is 0 Å². The third-order valence-electron chi connectivity index (χ3n) is 5.22. The Labute approximate surface area is 131 Å². The predicted octanol–water partition coefficient (Wildman–Crippen LogP) is 5.04. The van der Waals surface area contributed by atoms with Gasteiger partial charge in [0.1, 0.15) is 0 Å². The molecule has 0 saturated carbocycles. The van der Waals surface area contributed by atoms with Gasteiger partial charge >= 0.3 is 0 Å². The summed E-state index contributed by atoms with van der Waals surface area (Å²) < 4.78 is 0. The molecule has 1 aromatic carbocycles. The third kappa shape index (κ3) is 4.85. The fraction of sp³-hybridized carbons (Fsp3) is 0.700. The van der Waals surface area contributed by atoms with Crippen LogP contribution in [0.3, 0.4) is 0 Å². The van der Waals surface area contributed by atoms with Crippen LogP contribution in [0.4, 0.5) is 0 Å². The Morgan fingerprint density at radius 3 is 2.24 bits per heavy atom. The first kappa shape index (κ1) is 16.5. The van der Waals surface area contributed by atoms with Gasteiger partial charge in [0.2, 0.25) is 0 Å². The van der Waals surface area contributed by atoms with Crippen molar-refractivity contribution >= 4 is 0 Å².